The third-order valence-electron chi connectivity index (χ3n) is 2.82. The highest BCUT2D eigenvalue weighted by atomic mass is 16.5. The van der Waals surface area contributed by atoms with Gasteiger partial charge < -0.3 is 15.8 Å². The van der Waals surface area contributed by atoms with E-state index in [0.29, 0.717) is 12.4 Å². The van der Waals surface area contributed by atoms with E-state index in [1.165, 1.54) is 6.33 Å². The molecule has 0 radical (unpaired) electrons. The lowest BCUT2D eigenvalue weighted by Gasteiger charge is -2.31. The van der Waals surface area contributed by atoms with E-state index < -0.39 is 0 Å². The fourth-order valence-electron chi connectivity index (χ4n) is 1.79. The molecule has 0 saturated carbocycles. The lowest BCUT2D eigenvalue weighted by molar-refractivity contribution is 0.232. The van der Waals surface area contributed by atoms with Crippen LogP contribution in [0.15, 0.2) is 12.4 Å². The largest absolute Gasteiger partial charge is 0.475 e. The van der Waals surface area contributed by atoms with Gasteiger partial charge in [-0.1, -0.05) is 20.8 Å². The number of nitrogens with two attached hydrogens (primary N) is 1. The minimum absolute atomic E-state index is 0.102. The van der Waals surface area contributed by atoms with Crippen LogP contribution in [0.5, 0.6) is 5.88 Å². The van der Waals surface area contributed by atoms with Gasteiger partial charge in [0.1, 0.15) is 12.1 Å². The summed E-state index contributed by atoms with van der Waals surface area (Å²) in [7, 11) is 0. The molecule has 0 aliphatic carbocycles. The van der Waals surface area contributed by atoms with Crippen molar-refractivity contribution in [3.05, 3.63) is 12.4 Å². The first-order valence-corrected chi connectivity index (χ1v) is 6.78. The number of aromatic nitrogens is 2. The summed E-state index contributed by atoms with van der Waals surface area (Å²) >= 11 is 0. The smallest absolute Gasteiger partial charge is 0.218 e. The highest BCUT2D eigenvalue weighted by Gasteiger charge is 2.24. The maximum absolute atomic E-state index is 5.68. The van der Waals surface area contributed by atoms with Crippen molar-refractivity contribution in [1.82, 2.24) is 9.97 Å². The second kappa shape index (κ2) is 6.70. The predicted octanol–water partition coefficient (Wildman–Crippen LogP) is 2.44. The molecule has 5 heteroatoms. The lowest BCUT2D eigenvalue weighted by Crippen LogP contribution is -2.36. The topological polar surface area (TPSA) is 73.1 Å². The highest BCUT2D eigenvalue weighted by Crippen LogP contribution is 2.25. The molecule has 1 heterocycles. The Balaban J connectivity index is 2.79. The minimum Gasteiger partial charge on any atom is -0.475 e. The summed E-state index contributed by atoms with van der Waals surface area (Å²) in [6, 6.07) is 2.09. The van der Waals surface area contributed by atoms with Crippen LogP contribution in [0, 0.1) is 5.41 Å². The third-order valence-corrected chi connectivity index (χ3v) is 2.82. The van der Waals surface area contributed by atoms with Gasteiger partial charge in [-0.2, -0.15) is 0 Å². The van der Waals surface area contributed by atoms with Crippen LogP contribution in [0.25, 0.3) is 0 Å². The first-order valence-electron chi connectivity index (χ1n) is 6.78. The van der Waals surface area contributed by atoms with Crippen LogP contribution in [0.1, 0.15) is 41.0 Å². The van der Waals surface area contributed by atoms with Gasteiger partial charge in [0, 0.05) is 12.1 Å². The van der Waals surface area contributed by atoms with Gasteiger partial charge in [-0.15, -0.1) is 0 Å². The number of hydrogen-bond acceptors (Lipinski definition) is 5. The Bertz CT molecular complexity index is 387. The van der Waals surface area contributed by atoms with Gasteiger partial charge in [0.15, 0.2) is 0 Å². The van der Waals surface area contributed by atoms with Crippen LogP contribution in [-0.2, 0) is 0 Å². The minimum atomic E-state index is 0.102. The van der Waals surface area contributed by atoms with Crippen LogP contribution in [-0.4, -0.2) is 28.7 Å². The van der Waals surface area contributed by atoms with Gasteiger partial charge in [-0.3, -0.25) is 0 Å². The molecule has 0 aliphatic rings. The maximum atomic E-state index is 5.68. The molecular formula is C14H26N4O. The summed E-state index contributed by atoms with van der Waals surface area (Å²) < 4.78 is 5.57. The van der Waals surface area contributed by atoms with Crippen molar-refractivity contribution in [2.75, 3.05) is 11.9 Å². The van der Waals surface area contributed by atoms with Gasteiger partial charge >= 0.3 is 0 Å². The zero-order valence-electron chi connectivity index (χ0n) is 12.6. The van der Waals surface area contributed by atoms with E-state index in [4.69, 9.17) is 10.5 Å². The lowest BCUT2D eigenvalue weighted by atomic mass is 9.85. The van der Waals surface area contributed by atoms with Crippen molar-refractivity contribution in [1.29, 1.82) is 0 Å². The Hall–Kier alpha value is -1.36. The second-order valence-electron chi connectivity index (χ2n) is 6.05. The normalized spacial score (nSPS) is 13.4. The summed E-state index contributed by atoms with van der Waals surface area (Å²) in [4.78, 5) is 8.34. The van der Waals surface area contributed by atoms with E-state index in [9.17, 15) is 0 Å². The first-order chi connectivity index (χ1) is 8.82. The SMILES string of the molecule is CC(C)Oc1cc(NC(CCN)C(C)(C)C)ncn1. The third kappa shape index (κ3) is 5.42. The van der Waals surface area contributed by atoms with Crippen molar-refractivity contribution in [2.24, 2.45) is 11.1 Å². The van der Waals surface area contributed by atoms with E-state index in [1.807, 2.05) is 19.9 Å². The second-order valence-corrected chi connectivity index (χ2v) is 6.05. The van der Waals surface area contributed by atoms with Crippen LogP contribution in [0.4, 0.5) is 5.82 Å². The van der Waals surface area contributed by atoms with Crippen LogP contribution < -0.4 is 15.8 Å². The molecule has 1 unspecified atom stereocenters. The zero-order chi connectivity index (χ0) is 14.5. The molecule has 5 nitrogen and oxygen atoms in total. The molecule has 19 heavy (non-hydrogen) atoms. The molecular weight excluding hydrogens is 240 g/mol. The van der Waals surface area contributed by atoms with Crippen molar-refractivity contribution in [3.8, 4) is 5.88 Å². The van der Waals surface area contributed by atoms with Crippen molar-refractivity contribution in [2.45, 2.75) is 53.2 Å². The Morgan fingerprint density at radius 1 is 1.32 bits per heavy atom. The molecule has 1 aromatic heterocycles. The fraction of sp³-hybridized carbons (Fsp3) is 0.714. The van der Waals surface area contributed by atoms with E-state index in [2.05, 4.69) is 36.1 Å². The van der Waals surface area contributed by atoms with E-state index >= 15 is 0 Å². The summed E-state index contributed by atoms with van der Waals surface area (Å²) in [6.07, 6.45) is 2.51. The summed E-state index contributed by atoms with van der Waals surface area (Å²) in [6.45, 7) is 11.2. The molecule has 0 fully saturated rings. The number of anilines is 1. The van der Waals surface area contributed by atoms with Gasteiger partial charge in [-0.05, 0) is 32.2 Å². The van der Waals surface area contributed by atoms with Gasteiger partial charge in [0.25, 0.3) is 0 Å². The molecule has 1 rings (SSSR count). The summed E-state index contributed by atoms with van der Waals surface area (Å²) in [5.41, 5.74) is 5.79. The molecule has 0 saturated heterocycles. The average molecular weight is 266 g/mol. The van der Waals surface area contributed by atoms with Crippen LogP contribution in [0.3, 0.4) is 0 Å². The quantitative estimate of drug-likeness (QED) is 0.827. The van der Waals surface area contributed by atoms with E-state index in [-0.39, 0.29) is 17.6 Å². The molecule has 1 atom stereocenters. The van der Waals surface area contributed by atoms with Crippen molar-refractivity contribution in [3.63, 3.8) is 0 Å². The monoisotopic (exact) mass is 266 g/mol. The predicted molar refractivity (Wildman–Crippen MR) is 78.3 cm³/mol. The molecule has 0 spiro atoms. The standard InChI is InChI=1S/C14H26N4O/c1-10(2)19-13-8-12(16-9-17-13)18-11(6-7-15)14(3,4)5/h8-11H,6-7,15H2,1-5H3,(H,16,17,18). The van der Waals surface area contributed by atoms with Crippen molar-refractivity contribution < 1.29 is 4.74 Å². The number of ether oxygens (including phenoxy) is 1. The number of rotatable bonds is 6. The van der Waals surface area contributed by atoms with Gasteiger partial charge in [-0.25, -0.2) is 9.97 Å². The number of nitrogens with one attached hydrogen (secondary N) is 1. The first kappa shape index (κ1) is 15.7. The average Bonchev–Trinajstić information content (AvgIpc) is 2.26. The Morgan fingerprint density at radius 2 is 2.00 bits per heavy atom. The molecule has 0 aliphatic heterocycles. The Morgan fingerprint density at radius 3 is 2.53 bits per heavy atom. The van der Waals surface area contributed by atoms with Crippen LogP contribution >= 0.6 is 0 Å². The van der Waals surface area contributed by atoms with E-state index in [0.717, 1.165) is 12.2 Å². The molecule has 0 amide bonds. The summed E-state index contributed by atoms with van der Waals surface area (Å²) in [5, 5.41) is 3.42. The molecule has 1 aromatic rings. The van der Waals surface area contributed by atoms with Crippen LogP contribution in [0.2, 0.25) is 0 Å². The maximum Gasteiger partial charge on any atom is 0.218 e. The fourth-order valence-corrected chi connectivity index (χ4v) is 1.79. The number of nitrogens with zero attached hydrogens (tertiary/aromatic N) is 2. The molecule has 108 valence electrons. The highest BCUT2D eigenvalue weighted by molar-refractivity contribution is 5.38. The number of hydrogen-bond donors (Lipinski definition) is 2. The zero-order valence-corrected chi connectivity index (χ0v) is 12.6. The molecule has 3 N–H and O–H groups in total. The van der Waals surface area contributed by atoms with Crippen molar-refractivity contribution >= 4 is 5.82 Å². The van der Waals surface area contributed by atoms with Gasteiger partial charge in [0.2, 0.25) is 5.88 Å². The Kier molecular flexibility index (Phi) is 5.54. The van der Waals surface area contributed by atoms with E-state index in [1.54, 1.807) is 0 Å². The molecule has 0 bridgehead atoms. The Labute approximate surface area is 116 Å². The summed E-state index contributed by atoms with van der Waals surface area (Å²) in [5.74, 6) is 1.37. The van der Waals surface area contributed by atoms with Gasteiger partial charge in [0.05, 0.1) is 6.10 Å². The molecule has 0 aromatic carbocycles.